The minimum Gasteiger partial charge on any atom is -0.358 e. The molecule has 1 aliphatic heterocycles. The molecular formula is C19H26N4O2. The Morgan fingerprint density at radius 1 is 1.12 bits per heavy atom. The van der Waals surface area contributed by atoms with Gasteiger partial charge < -0.3 is 20.1 Å². The van der Waals surface area contributed by atoms with Gasteiger partial charge in [-0.05, 0) is 25.0 Å². The highest BCUT2D eigenvalue weighted by molar-refractivity contribution is 5.90. The Morgan fingerprint density at radius 3 is 2.52 bits per heavy atom. The fourth-order valence-corrected chi connectivity index (χ4v) is 3.33. The first-order valence-electron chi connectivity index (χ1n) is 8.97. The summed E-state index contributed by atoms with van der Waals surface area (Å²) in [6.45, 7) is 7.11. The van der Waals surface area contributed by atoms with E-state index >= 15 is 0 Å². The van der Waals surface area contributed by atoms with Gasteiger partial charge in [0.25, 0.3) is 0 Å². The third-order valence-corrected chi connectivity index (χ3v) is 4.80. The number of urea groups is 1. The Hall–Kier alpha value is -2.50. The number of aromatic amines is 1. The van der Waals surface area contributed by atoms with E-state index in [1.807, 2.05) is 36.9 Å². The summed E-state index contributed by atoms with van der Waals surface area (Å²) in [7, 11) is 0. The van der Waals surface area contributed by atoms with E-state index in [4.69, 9.17) is 0 Å². The second kappa shape index (κ2) is 7.59. The van der Waals surface area contributed by atoms with Crippen LogP contribution in [0.3, 0.4) is 0 Å². The number of nitrogens with one attached hydrogen (secondary N) is 2. The molecule has 1 aliphatic rings. The largest absolute Gasteiger partial charge is 0.358 e. The standard InChI is InChI=1S/C19H26N4O2/c1-3-8-20-19(25)23-11-9-22(10-12-23)18(24)13-16-14(2)21-17-7-5-4-6-15(16)17/h4-7,21H,3,8-13H2,1-2H3,(H,20,25). The fourth-order valence-electron chi connectivity index (χ4n) is 3.33. The first kappa shape index (κ1) is 17.3. The lowest BCUT2D eigenvalue weighted by Crippen LogP contribution is -2.53. The lowest BCUT2D eigenvalue weighted by molar-refractivity contribution is -0.131. The molecule has 25 heavy (non-hydrogen) atoms. The highest BCUT2D eigenvalue weighted by Gasteiger charge is 2.24. The first-order valence-corrected chi connectivity index (χ1v) is 8.97. The van der Waals surface area contributed by atoms with E-state index in [0.717, 1.165) is 28.6 Å². The molecule has 2 N–H and O–H groups in total. The maximum absolute atomic E-state index is 12.7. The van der Waals surface area contributed by atoms with Crippen molar-refractivity contribution in [2.45, 2.75) is 26.7 Å². The van der Waals surface area contributed by atoms with E-state index in [9.17, 15) is 9.59 Å². The minimum absolute atomic E-state index is 0.0265. The van der Waals surface area contributed by atoms with Crippen molar-refractivity contribution in [3.8, 4) is 0 Å². The number of benzene rings is 1. The zero-order valence-electron chi connectivity index (χ0n) is 15.0. The average molecular weight is 342 g/mol. The molecule has 1 fully saturated rings. The first-order chi connectivity index (χ1) is 12.1. The van der Waals surface area contributed by atoms with Crippen LogP contribution in [0.2, 0.25) is 0 Å². The van der Waals surface area contributed by atoms with Crippen LogP contribution in [0.4, 0.5) is 4.79 Å². The molecule has 0 atom stereocenters. The number of fused-ring (bicyclic) bond motifs is 1. The Bertz CT molecular complexity index is 760. The lowest BCUT2D eigenvalue weighted by atomic mass is 10.1. The van der Waals surface area contributed by atoms with Crippen LogP contribution >= 0.6 is 0 Å². The molecule has 1 saturated heterocycles. The third-order valence-electron chi connectivity index (χ3n) is 4.80. The number of aromatic nitrogens is 1. The Kier molecular flexibility index (Phi) is 5.26. The number of hydrogen-bond acceptors (Lipinski definition) is 2. The number of carbonyl (C=O) groups is 2. The van der Waals surface area contributed by atoms with E-state index in [1.54, 1.807) is 4.90 Å². The van der Waals surface area contributed by atoms with E-state index < -0.39 is 0 Å². The van der Waals surface area contributed by atoms with Gasteiger partial charge in [0.05, 0.1) is 6.42 Å². The number of hydrogen-bond donors (Lipinski definition) is 2. The maximum Gasteiger partial charge on any atom is 0.317 e. The van der Waals surface area contributed by atoms with Gasteiger partial charge in [0.1, 0.15) is 0 Å². The Balaban J connectivity index is 1.59. The average Bonchev–Trinajstić information content (AvgIpc) is 2.95. The van der Waals surface area contributed by atoms with E-state index in [1.165, 1.54) is 0 Å². The highest BCUT2D eigenvalue weighted by atomic mass is 16.2. The van der Waals surface area contributed by atoms with Crippen LogP contribution in [0.1, 0.15) is 24.6 Å². The maximum atomic E-state index is 12.7. The number of amides is 3. The molecule has 0 bridgehead atoms. The number of carbonyl (C=O) groups excluding carboxylic acids is 2. The molecular weight excluding hydrogens is 316 g/mol. The highest BCUT2D eigenvalue weighted by Crippen LogP contribution is 2.23. The van der Waals surface area contributed by atoms with Gasteiger partial charge in [-0.1, -0.05) is 25.1 Å². The van der Waals surface area contributed by atoms with Gasteiger partial charge in [-0.3, -0.25) is 4.79 Å². The SMILES string of the molecule is CCCNC(=O)N1CCN(C(=O)Cc2c(C)[nH]c3ccccc23)CC1. The minimum atomic E-state index is -0.0265. The van der Waals surface area contributed by atoms with E-state index in [2.05, 4.69) is 16.4 Å². The summed E-state index contributed by atoms with van der Waals surface area (Å²) < 4.78 is 0. The van der Waals surface area contributed by atoms with E-state index in [0.29, 0.717) is 39.1 Å². The number of para-hydroxylation sites is 1. The number of nitrogens with zero attached hydrogens (tertiary/aromatic N) is 2. The zero-order chi connectivity index (χ0) is 17.8. The smallest absolute Gasteiger partial charge is 0.317 e. The van der Waals surface area contributed by atoms with Crippen LogP contribution in [0.25, 0.3) is 10.9 Å². The molecule has 134 valence electrons. The normalized spacial score (nSPS) is 14.8. The monoisotopic (exact) mass is 342 g/mol. The van der Waals surface area contributed by atoms with Crippen LogP contribution in [-0.2, 0) is 11.2 Å². The van der Waals surface area contributed by atoms with Crippen molar-refractivity contribution in [1.82, 2.24) is 20.1 Å². The van der Waals surface area contributed by atoms with Crippen molar-refractivity contribution < 1.29 is 9.59 Å². The molecule has 0 aliphatic carbocycles. The molecule has 3 rings (SSSR count). The molecule has 0 saturated carbocycles. The van der Waals surface area contributed by atoms with Crippen molar-refractivity contribution in [3.63, 3.8) is 0 Å². The summed E-state index contributed by atoms with van der Waals surface area (Å²) in [6.07, 6.45) is 1.33. The number of aryl methyl sites for hydroxylation is 1. The third kappa shape index (κ3) is 3.78. The van der Waals surface area contributed by atoms with Crippen molar-refractivity contribution in [2.75, 3.05) is 32.7 Å². The Labute approximate surface area is 148 Å². The van der Waals surface area contributed by atoms with Crippen molar-refractivity contribution in [1.29, 1.82) is 0 Å². The van der Waals surface area contributed by atoms with Crippen molar-refractivity contribution in [2.24, 2.45) is 0 Å². The molecule has 1 aromatic heterocycles. The van der Waals surface area contributed by atoms with Crippen LogP contribution in [0.15, 0.2) is 24.3 Å². The summed E-state index contributed by atoms with van der Waals surface area (Å²) in [5.74, 6) is 0.126. The quantitative estimate of drug-likeness (QED) is 0.895. The molecule has 3 amide bonds. The van der Waals surface area contributed by atoms with Gasteiger partial charge in [0, 0.05) is 49.3 Å². The second-order valence-corrected chi connectivity index (χ2v) is 6.55. The topological polar surface area (TPSA) is 68.4 Å². The lowest BCUT2D eigenvalue weighted by Gasteiger charge is -2.34. The Morgan fingerprint density at radius 2 is 1.80 bits per heavy atom. The van der Waals surface area contributed by atoms with Crippen molar-refractivity contribution >= 4 is 22.8 Å². The number of H-pyrrole nitrogens is 1. The second-order valence-electron chi connectivity index (χ2n) is 6.55. The van der Waals surface area contributed by atoms with Crippen LogP contribution < -0.4 is 5.32 Å². The molecule has 1 aromatic carbocycles. The molecule has 6 heteroatoms. The molecule has 0 radical (unpaired) electrons. The van der Waals surface area contributed by atoms with E-state index in [-0.39, 0.29) is 11.9 Å². The van der Waals surface area contributed by atoms with Gasteiger partial charge in [-0.25, -0.2) is 4.79 Å². The zero-order valence-corrected chi connectivity index (χ0v) is 15.0. The van der Waals surface area contributed by atoms with Crippen LogP contribution in [0, 0.1) is 6.92 Å². The molecule has 2 heterocycles. The van der Waals surface area contributed by atoms with Gasteiger partial charge in [-0.15, -0.1) is 0 Å². The fraction of sp³-hybridized carbons (Fsp3) is 0.474. The van der Waals surface area contributed by atoms with Gasteiger partial charge >= 0.3 is 6.03 Å². The summed E-state index contributed by atoms with van der Waals surface area (Å²) >= 11 is 0. The summed E-state index contributed by atoms with van der Waals surface area (Å²) in [5, 5.41) is 4.01. The molecule has 0 spiro atoms. The van der Waals surface area contributed by atoms with Gasteiger partial charge in [-0.2, -0.15) is 0 Å². The summed E-state index contributed by atoms with van der Waals surface area (Å²) in [6, 6.07) is 8.05. The van der Waals surface area contributed by atoms with Crippen LogP contribution in [0.5, 0.6) is 0 Å². The summed E-state index contributed by atoms with van der Waals surface area (Å²) in [4.78, 5) is 31.7. The number of rotatable bonds is 4. The number of piperazine rings is 1. The molecule has 0 unspecified atom stereocenters. The predicted octanol–water partition coefficient (Wildman–Crippen LogP) is 2.28. The molecule has 2 aromatic rings. The van der Waals surface area contributed by atoms with Gasteiger partial charge in [0.15, 0.2) is 0 Å². The summed E-state index contributed by atoms with van der Waals surface area (Å²) in [5.41, 5.74) is 3.19. The van der Waals surface area contributed by atoms with Crippen LogP contribution in [-0.4, -0.2) is 59.4 Å². The predicted molar refractivity (Wildman–Crippen MR) is 98.6 cm³/mol. The van der Waals surface area contributed by atoms with Gasteiger partial charge in [0.2, 0.25) is 5.91 Å². The van der Waals surface area contributed by atoms with Crippen molar-refractivity contribution in [3.05, 3.63) is 35.5 Å². The molecule has 6 nitrogen and oxygen atoms in total.